The third kappa shape index (κ3) is 4.33. The average molecular weight is 318 g/mol. The lowest BCUT2D eigenvalue weighted by Crippen LogP contribution is -2.55. The molecule has 2 fully saturated rings. The first-order valence-corrected chi connectivity index (χ1v) is 7.93. The zero-order valence-electron chi connectivity index (χ0n) is 13.1. The van der Waals surface area contributed by atoms with Gasteiger partial charge in [0.1, 0.15) is 6.04 Å². The number of carbonyl (C=O) groups is 2. The van der Waals surface area contributed by atoms with Gasteiger partial charge in [-0.3, -0.25) is 9.59 Å². The van der Waals surface area contributed by atoms with E-state index in [2.05, 4.69) is 5.32 Å². The number of amides is 2. The van der Waals surface area contributed by atoms with Crippen LogP contribution in [-0.2, 0) is 9.59 Å². The van der Waals surface area contributed by atoms with Crippen LogP contribution in [0.3, 0.4) is 0 Å². The lowest BCUT2D eigenvalue weighted by molar-refractivity contribution is -0.148. The van der Waals surface area contributed by atoms with E-state index in [1.807, 2.05) is 23.8 Å². The fraction of sp³-hybridized carbons (Fsp3) is 0.867. The predicted molar refractivity (Wildman–Crippen MR) is 85.6 cm³/mol. The highest BCUT2D eigenvalue weighted by Gasteiger charge is 2.35. The van der Waals surface area contributed by atoms with Crippen LogP contribution in [0.25, 0.3) is 0 Å². The summed E-state index contributed by atoms with van der Waals surface area (Å²) in [6.45, 7) is 4.25. The maximum atomic E-state index is 12.7. The van der Waals surface area contributed by atoms with Gasteiger partial charge < -0.3 is 15.1 Å². The minimum Gasteiger partial charge on any atom is -0.341 e. The summed E-state index contributed by atoms with van der Waals surface area (Å²) in [5, 5.41) is 3.28. The summed E-state index contributed by atoms with van der Waals surface area (Å²) in [7, 11) is 1.98. The Morgan fingerprint density at radius 2 is 1.76 bits per heavy atom. The number of likely N-dealkylation sites (tertiary alicyclic amines) is 2. The molecule has 2 aliphatic rings. The number of carbonyl (C=O) groups excluding carboxylic acids is 2. The van der Waals surface area contributed by atoms with Gasteiger partial charge in [0.05, 0.1) is 0 Å². The molecule has 0 bridgehead atoms. The van der Waals surface area contributed by atoms with Crippen LogP contribution < -0.4 is 5.32 Å². The molecule has 2 saturated heterocycles. The molecule has 1 N–H and O–H groups in total. The number of hydrogen-bond acceptors (Lipinski definition) is 3. The smallest absolute Gasteiger partial charge is 0.245 e. The van der Waals surface area contributed by atoms with Gasteiger partial charge in [0.15, 0.2) is 0 Å². The number of rotatable bonds is 3. The van der Waals surface area contributed by atoms with Gasteiger partial charge in [-0.2, -0.15) is 0 Å². The van der Waals surface area contributed by atoms with Crippen LogP contribution >= 0.6 is 12.4 Å². The standard InChI is InChI=1S/C15H27N3O2.ClH/c1-3-14(19)18-9-5-4-6-13(18)15(20)17-10-7-12(16-2)8-11-17;/h12-13,16H,3-11H2,1-2H3;1H. The van der Waals surface area contributed by atoms with Gasteiger partial charge in [0.2, 0.25) is 11.8 Å². The van der Waals surface area contributed by atoms with Crippen molar-refractivity contribution in [1.82, 2.24) is 15.1 Å². The van der Waals surface area contributed by atoms with Crippen molar-refractivity contribution in [3.63, 3.8) is 0 Å². The first-order valence-electron chi connectivity index (χ1n) is 7.93. The number of piperidine rings is 2. The van der Waals surface area contributed by atoms with Gasteiger partial charge in [-0.25, -0.2) is 0 Å². The molecule has 2 heterocycles. The van der Waals surface area contributed by atoms with E-state index in [0.29, 0.717) is 12.5 Å². The van der Waals surface area contributed by atoms with Crippen molar-refractivity contribution < 1.29 is 9.59 Å². The molecule has 1 atom stereocenters. The summed E-state index contributed by atoms with van der Waals surface area (Å²) >= 11 is 0. The van der Waals surface area contributed by atoms with Gasteiger partial charge in [-0.1, -0.05) is 6.92 Å². The highest BCUT2D eigenvalue weighted by molar-refractivity contribution is 5.88. The lowest BCUT2D eigenvalue weighted by atomic mass is 9.98. The molecule has 2 rings (SSSR count). The summed E-state index contributed by atoms with van der Waals surface area (Å²) in [5.41, 5.74) is 0. The Morgan fingerprint density at radius 3 is 2.33 bits per heavy atom. The van der Waals surface area contributed by atoms with Gasteiger partial charge in [0, 0.05) is 32.1 Å². The van der Waals surface area contributed by atoms with Crippen LogP contribution in [0.1, 0.15) is 45.4 Å². The topological polar surface area (TPSA) is 52.7 Å². The molecule has 0 aromatic rings. The molecule has 0 spiro atoms. The van der Waals surface area contributed by atoms with Crippen LogP contribution in [0.5, 0.6) is 0 Å². The summed E-state index contributed by atoms with van der Waals surface area (Å²) in [6.07, 6.45) is 5.42. The maximum Gasteiger partial charge on any atom is 0.245 e. The number of nitrogens with zero attached hydrogens (tertiary/aromatic N) is 2. The molecular formula is C15H28ClN3O2. The summed E-state index contributed by atoms with van der Waals surface area (Å²) in [5.74, 6) is 0.286. The van der Waals surface area contributed by atoms with Gasteiger partial charge in [0.25, 0.3) is 0 Å². The minimum atomic E-state index is -0.206. The van der Waals surface area contributed by atoms with E-state index in [4.69, 9.17) is 0 Å². The van der Waals surface area contributed by atoms with E-state index in [0.717, 1.165) is 51.7 Å². The third-order valence-electron chi connectivity index (χ3n) is 4.63. The van der Waals surface area contributed by atoms with Crippen LogP contribution in [0, 0.1) is 0 Å². The Hall–Kier alpha value is -0.810. The summed E-state index contributed by atoms with van der Waals surface area (Å²) in [6, 6.07) is 0.320. The van der Waals surface area contributed by atoms with E-state index in [1.165, 1.54) is 0 Å². The Labute approximate surface area is 133 Å². The van der Waals surface area contributed by atoms with E-state index in [-0.39, 0.29) is 30.3 Å². The zero-order chi connectivity index (χ0) is 14.5. The normalized spacial score (nSPS) is 23.6. The number of halogens is 1. The predicted octanol–water partition coefficient (Wildman–Crippen LogP) is 1.41. The molecule has 122 valence electrons. The van der Waals surface area contributed by atoms with E-state index >= 15 is 0 Å². The zero-order valence-corrected chi connectivity index (χ0v) is 14.0. The SMILES string of the molecule is CCC(=O)N1CCCCC1C(=O)N1CCC(NC)CC1.Cl. The van der Waals surface area contributed by atoms with E-state index < -0.39 is 0 Å². The molecule has 5 nitrogen and oxygen atoms in total. The van der Waals surface area contributed by atoms with Gasteiger partial charge in [-0.05, 0) is 39.2 Å². The second kappa shape index (κ2) is 8.59. The molecule has 6 heteroatoms. The maximum absolute atomic E-state index is 12.7. The summed E-state index contributed by atoms with van der Waals surface area (Å²) in [4.78, 5) is 28.5. The second-order valence-electron chi connectivity index (χ2n) is 5.84. The molecular weight excluding hydrogens is 290 g/mol. The molecule has 0 aromatic carbocycles. The molecule has 0 radical (unpaired) electrons. The number of nitrogens with one attached hydrogen (secondary N) is 1. The van der Waals surface area contributed by atoms with Crippen molar-refractivity contribution in [3.05, 3.63) is 0 Å². The highest BCUT2D eigenvalue weighted by atomic mass is 35.5. The Bertz CT molecular complexity index is 357. The van der Waals surface area contributed by atoms with Crippen molar-refractivity contribution in [3.8, 4) is 0 Å². The third-order valence-corrected chi connectivity index (χ3v) is 4.63. The average Bonchev–Trinajstić information content (AvgIpc) is 2.53. The fourth-order valence-electron chi connectivity index (χ4n) is 3.29. The van der Waals surface area contributed by atoms with Crippen LogP contribution in [0.2, 0.25) is 0 Å². The Morgan fingerprint density at radius 1 is 1.10 bits per heavy atom. The summed E-state index contributed by atoms with van der Waals surface area (Å²) < 4.78 is 0. The van der Waals surface area contributed by atoms with Crippen molar-refractivity contribution in [1.29, 1.82) is 0 Å². The van der Waals surface area contributed by atoms with Crippen molar-refractivity contribution in [2.45, 2.75) is 57.5 Å². The monoisotopic (exact) mass is 317 g/mol. The lowest BCUT2D eigenvalue weighted by Gasteiger charge is -2.40. The highest BCUT2D eigenvalue weighted by Crippen LogP contribution is 2.21. The van der Waals surface area contributed by atoms with Crippen LogP contribution in [0.15, 0.2) is 0 Å². The van der Waals surface area contributed by atoms with Gasteiger partial charge >= 0.3 is 0 Å². The molecule has 0 aliphatic carbocycles. The Balaban J connectivity index is 0.00000220. The van der Waals surface area contributed by atoms with E-state index in [9.17, 15) is 9.59 Å². The fourth-order valence-corrected chi connectivity index (χ4v) is 3.29. The largest absolute Gasteiger partial charge is 0.341 e. The molecule has 0 saturated carbocycles. The first kappa shape index (κ1) is 18.2. The minimum absolute atomic E-state index is 0. The van der Waals surface area contributed by atoms with Crippen molar-refractivity contribution in [2.75, 3.05) is 26.7 Å². The van der Waals surface area contributed by atoms with Crippen LogP contribution in [0.4, 0.5) is 0 Å². The first-order chi connectivity index (χ1) is 9.67. The quantitative estimate of drug-likeness (QED) is 0.856. The molecule has 2 aliphatic heterocycles. The Kier molecular flexibility index (Phi) is 7.46. The molecule has 0 aromatic heterocycles. The van der Waals surface area contributed by atoms with Crippen molar-refractivity contribution in [2.24, 2.45) is 0 Å². The van der Waals surface area contributed by atoms with Gasteiger partial charge in [-0.15, -0.1) is 12.4 Å². The molecule has 2 amide bonds. The second-order valence-corrected chi connectivity index (χ2v) is 5.84. The number of hydrogen-bond donors (Lipinski definition) is 1. The van der Waals surface area contributed by atoms with Crippen LogP contribution in [-0.4, -0.2) is 60.4 Å². The molecule has 1 unspecified atom stereocenters. The molecule has 21 heavy (non-hydrogen) atoms. The van der Waals surface area contributed by atoms with Crippen molar-refractivity contribution >= 4 is 24.2 Å². The van der Waals surface area contributed by atoms with E-state index in [1.54, 1.807) is 0 Å².